The summed E-state index contributed by atoms with van der Waals surface area (Å²) in [6.45, 7) is 14.3. The third kappa shape index (κ3) is 13.2. The fourth-order valence-corrected chi connectivity index (χ4v) is 4.40. The molecule has 0 aliphatic carbocycles. The van der Waals surface area contributed by atoms with Crippen LogP contribution in [-0.4, -0.2) is 59.4 Å². The summed E-state index contributed by atoms with van der Waals surface area (Å²) in [6.07, 6.45) is 9.33. The molecule has 0 radical (unpaired) electrons. The van der Waals surface area contributed by atoms with Crippen LogP contribution in [-0.2, 0) is 14.3 Å². The number of nitrogens with zero attached hydrogens (tertiary/aromatic N) is 2. The molecule has 39 heavy (non-hydrogen) atoms. The zero-order valence-corrected chi connectivity index (χ0v) is 25.8. The summed E-state index contributed by atoms with van der Waals surface area (Å²) in [5.74, 6) is 1.34. The molecule has 0 spiro atoms. The number of ether oxygens (including phenoxy) is 3. The molecule has 1 aromatic heterocycles. The number of thioether (sulfide) groups is 1. The summed E-state index contributed by atoms with van der Waals surface area (Å²) in [5.41, 5.74) is 0.172. The van der Waals surface area contributed by atoms with Crippen molar-refractivity contribution < 1.29 is 23.4 Å². The Labute approximate surface area is 239 Å². The predicted octanol–water partition coefficient (Wildman–Crippen LogP) is 7.07. The number of carbonyl (C=O) groups is 1. The van der Waals surface area contributed by atoms with E-state index in [9.17, 15) is 4.79 Å². The van der Waals surface area contributed by atoms with Crippen LogP contribution in [0, 0.1) is 0 Å². The second-order valence-corrected chi connectivity index (χ2v) is 11.9. The van der Waals surface area contributed by atoms with E-state index in [-0.39, 0.29) is 17.0 Å². The molecule has 1 N–H and O–H groups in total. The van der Waals surface area contributed by atoms with Crippen molar-refractivity contribution in [2.75, 3.05) is 26.1 Å². The van der Waals surface area contributed by atoms with Gasteiger partial charge in [-0.3, -0.25) is 4.79 Å². The van der Waals surface area contributed by atoms with Crippen LogP contribution in [0.15, 0.2) is 33.9 Å². The molecule has 1 aromatic carbocycles. The Hall–Kier alpha value is -2.10. The number of hydrogen-bond acceptors (Lipinski definition) is 8. The molecular weight excluding hydrogens is 514 g/mol. The molecule has 1 heterocycles. The molecule has 0 aliphatic heterocycles. The lowest BCUT2D eigenvalue weighted by Crippen LogP contribution is -2.44. The van der Waals surface area contributed by atoms with E-state index in [4.69, 9.17) is 18.6 Å². The van der Waals surface area contributed by atoms with E-state index in [1.807, 2.05) is 44.4 Å². The Morgan fingerprint density at radius 3 is 2.31 bits per heavy atom. The van der Waals surface area contributed by atoms with Gasteiger partial charge in [-0.05, 0) is 83.9 Å². The fraction of sp³-hybridized carbons (Fsp3) is 0.700. The average molecular weight is 564 g/mol. The van der Waals surface area contributed by atoms with Gasteiger partial charge in [-0.15, -0.1) is 10.2 Å². The largest absolute Gasteiger partial charge is 0.493 e. The maximum absolute atomic E-state index is 12.5. The smallest absolute Gasteiger partial charge is 0.276 e. The summed E-state index contributed by atoms with van der Waals surface area (Å²) in [6, 6.07) is 7.62. The molecule has 2 aromatic rings. The first kappa shape index (κ1) is 33.1. The third-order valence-electron chi connectivity index (χ3n) is 6.48. The lowest BCUT2D eigenvalue weighted by atomic mass is 10.00. The Kier molecular flexibility index (Phi) is 14.3. The van der Waals surface area contributed by atoms with Gasteiger partial charge in [0.05, 0.1) is 18.3 Å². The lowest BCUT2D eigenvalue weighted by Gasteiger charge is -2.30. The van der Waals surface area contributed by atoms with Gasteiger partial charge in [-0.1, -0.05) is 38.5 Å². The van der Waals surface area contributed by atoms with E-state index < -0.39 is 0 Å². The Balaban J connectivity index is 1.64. The Morgan fingerprint density at radius 2 is 1.69 bits per heavy atom. The summed E-state index contributed by atoms with van der Waals surface area (Å²) >= 11 is 1.42. The van der Waals surface area contributed by atoms with Crippen molar-refractivity contribution in [2.45, 2.75) is 115 Å². The molecule has 0 unspecified atom stereocenters. The number of nitrogens with one attached hydrogen (secondary N) is 1. The highest BCUT2D eigenvalue weighted by atomic mass is 32.2. The van der Waals surface area contributed by atoms with Crippen LogP contribution in [0.3, 0.4) is 0 Å². The molecule has 9 heteroatoms. The van der Waals surface area contributed by atoms with Gasteiger partial charge in [0.15, 0.2) is 0 Å². The minimum atomic E-state index is -0.344. The monoisotopic (exact) mass is 563 g/mol. The summed E-state index contributed by atoms with van der Waals surface area (Å²) in [5, 5.41) is 11.7. The van der Waals surface area contributed by atoms with Crippen LogP contribution in [0.4, 0.5) is 0 Å². The molecule has 0 saturated heterocycles. The van der Waals surface area contributed by atoms with Gasteiger partial charge in [0.2, 0.25) is 11.8 Å². The van der Waals surface area contributed by atoms with Gasteiger partial charge in [0, 0.05) is 37.2 Å². The van der Waals surface area contributed by atoms with Crippen LogP contribution in [0.2, 0.25) is 0 Å². The summed E-state index contributed by atoms with van der Waals surface area (Å²) in [7, 11) is 0. The van der Waals surface area contributed by atoms with Crippen molar-refractivity contribution in [1.82, 2.24) is 15.5 Å². The van der Waals surface area contributed by atoms with Gasteiger partial charge in [0.1, 0.15) is 5.75 Å². The van der Waals surface area contributed by atoms with Crippen LogP contribution in [0.1, 0.15) is 92.9 Å². The quantitative estimate of drug-likeness (QED) is 0.135. The topological polar surface area (TPSA) is 95.7 Å². The van der Waals surface area contributed by atoms with Gasteiger partial charge in [0.25, 0.3) is 5.22 Å². The molecule has 2 rings (SSSR count). The highest BCUT2D eigenvalue weighted by Gasteiger charge is 2.24. The molecule has 220 valence electrons. The van der Waals surface area contributed by atoms with Crippen LogP contribution >= 0.6 is 11.8 Å². The van der Waals surface area contributed by atoms with Crippen LogP contribution in [0.25, 0.3) is 11.5 Å². The number of carbonyl (C=O) groups excluding carboxylic acids is 1. The number of benzene rings is 1. The molecular formula is C30H49N3O5S. The zero-order valence-electron chi connectivity index (χ0n) is 25.0. The van der Waals surface area contributed by atoms with Crippen molar-refractivity contribution in [3.05, 3.63) is 24.3 Å². The molecule has 0 fully saturated rings. The number of hydrogen-bond donors (Lipinski definition) is 1. The molecule has 0 bridgehead atoms. The van der Waals surface area contributed by atoms with E-state index >= 15 is 0 Å². The maximum atomic E-state index is 12.5. The van der Waals surface area contributed by atoms with Crippen molar-refractivity contribution >= 4 is 17.7 Å². The summed E-state index contributed by atoms with van der Waals surface area (Å²) in [4.78, 5) is 12.5. The van der Waals surface area contributed by atoms with Crippen LogP contribution < -0.4 is 10.1 Å². The van der Waals surface area contributed by atoms with Crippen LogP contribution in [0.5, 0.6) is 5.75 Å². The molecule has 1 amide bonds. The Bertz CT molecular complexity index is 956. The van der Waals surface area contributed by atoms with E-state index in [1.165, 1.54) is 11.8 Å². The summed E-state index contributed by atoms with van der Waals surface area (Å²) < 4.78 is 23.6. The molecule has 0 aliphatic rings. The normalized spacial score (nSPS) is 12.2. The molecule has 8 nitrogen and oxygen atoms in total. The van der Waals surface area contributed by atoms with Gasteiger partial charge in [-0.25, -0.2) is 0 Å². The van der Waals surface area contributed by atoms with Crippen molar-refractivity contribution in [3.63, 3.8) is 0 Å². The second kappa shape index (κ2) is 16.9. The Morgan fingerprint density at radius 1 is 1.00 bits per heavy atom. The van der Waals surface area contributed by atoms with Crippen molar-refractivity contribution in [2.24, 2.45) is 0 Å². The SMILES string of the molecule is CCCC(CCC)OCCCC(=O)NC(C)(C)CCOC(C)(C)CCOc1ccc(-c2nnc(SC)o2)cc1. The highest BCUT2D eigenvalue weighted by molar-refractivity contribution is 7.98. The van der Waals surface area contributed by atoms with Gasteiger partial charge < -0.3 is 23.9 Å². The highest BCUT2D eigenvalue weighted by Crippen LogP contribution is 2.25. The van der Waals surface area contributed by atoms with Gasteiger partial charge >= 0.3 is 0 Å². The first-order valence-corrected chi connectivity index (χ1v) is 15.5. The fourth-order valence-electron chi connectivity index (χ4n) is 4.11. The van der Waals surface area contributed by atoms with E-state index in [1.54, 1.807) is 0 Å². The minimum Gasteiger partial charge on any atom is -0.493 e. The third-order valence-corrected chi connectivity index (χ3v) is 6.99. The second-order valence-electron chi connectivity index (χ2n) is 11.2. The van der Waals surface area contributed by atoms with Crippen molar-refractivity contribution in [3.8, 4) is 17.2 Å². The van der Waals surface area contributed by atoms with E-state index in [0.717, 1.165) is 56.3 Å². The first-order chi connectivity index (χ1) is 18.6. The maximum Gasteiger partial charge on any atom is 0.276 e. The van der Waals surface area contributed by atoms with Gasteiger partial charge in [-0.2, -0.15) is 0 Å². The van der Waals surface area contributed by atoms with E-state index in [2.05, 4.69) is 43.2 Å². The predicted molar refractivity (Wildman–Crippen MR) is 157 cm³/mol. The number of rotatable bonds is 20. The lowest BCUT2D eigenvalue weighted by molar-refractivity contribution is -0.123. The standard InChI is InChI=1S/C30H49N3O5S/c1-8-11-24(12-9-2)35-20-10-13-26(34)31-29(3,4)18-22-37-30(5,6)19-21-36-25-16-14-23(15-17-25)27-32-33-28(38-27)39-7/h14-17,24H,8-13,18-22H2,1-7H3,(H,31,34). The zero-order chi connectivity index (χ0) is 28.7. The average Bonchev–Trinajstić information content (AvgIpc) is 3.36. The molecule has 0 saturated carbocycles. The number of aromatic nitrogens is 2. The molecule has 0 atom stereocenters. The van der Waals surface area contributed by atoms with Crippen molar-refractivity contribution in [1.29, 1.82) is 0 Å². The minimum absolute atomic E-state index is 0.0635. The van der Waals surface area contributed by atoms with E-state index in [0.29, 0.717) is 43.5 Å². The number of amides is 1. The first-order valence-electron chi connectivity index (χ1n) is 14.2.